The van der Waals surface area contributed by atoms with Crippen LogP contribution in [0.1, 0.15) is 12.7 Å². The first-order valence-electron chi connectivity index (χ1n) is 8.31. The van der Waals surface area contributed by atoms with Gasteiger partial charge in [0.25, 0.3) is 5.88 Å². The van der Waals surface area contributed by atoms with Gasteiger partial charge in [-0.05, 0) is 19.1 Å². The van der Waals surface area contributed by atoms with E-state index in [-0.39, 0.29) is 12.4 Å². The first-order chi connectivity index (χ1) is 13.2. The molecule has 3 rings (SSSR count). The van der Waals surface area contributed by atoms with Gasteiger partial charge in [0.15, 0.2) is 11.5 Å². The second kappa shape index (κ2) is 8.31. The van der Waals surface area contributed by atoms with E-state index in [1.54, 1.807) is 6.92 Å². The average Bonchev–Trinajstić information content (AvgIpc) is 2.69. The minimum atomic E-state index is -0.377. The van der Waals surface area contributed by atoms with Gasteiger partial charge in [-0.3, -0.25) is 4.79 Å². The van der Waals surface area contributed by atoms with Crippen molar-refractivity contribution in [3.63, 3.8) is 0 Å². The van der Waals surface area contributed by atoms with E-state index in [9.17, 15) is 4.79 Å². The molecule has 0 aliphatic heterocycles. The van der Waals surface area contributed by atoms with E-state index in [2.05, 4.69) is 15.0 Å². The van der Waals surface area contributed by atoms with Crippen molar-refractivity contribution in [2.75, 3.05) is 20.8 Å². The maximum atomic E-state index is 11.5. The lowest BCUT2D eigenvalue weighted by Crippen LogP contribution is -2.10. The van der Waals surface area contributed by atoms with Crippen molar-refractivity contribution in [1.82, 2.24) is 15.0 Å². The van der Waals surface area contributed by atoms with Crippen LogP contribution in [0.3, 0.4) is 0 Å². The summed E-state index contributed by atoms with van der Waals surface area (Å²) >= 11 is 0. The van der Waals surface area contributed by atoms with E-state index in [4.69, 9.17) is 18.9 Å². The Morgan fingerprint density at radius 2 is 1.78 bits per heavy atom. The third-order valence-electron chi connectivity index (χ3n) is 3.68. The monoisotopic (exact) mass is 369 g/mol. The van der Waals surface area contributed by atoms with Crippen LogP contribution in [0.5, 0.6) is 23.1 Å². The van der Waals surface area contributed by atoms with Crippen molar-refractivity contribution < 1.29 is 23.7 Å². The summed E-state index contributed by atoms with van der Waals surface area (Å²) in [6.07, 6.45) is 2.98. The third kappa shape index (κ3) is 4.05. The fourth-order valence-electron chi connectivity index (χ4n) is 2.51. The van der Waals surface area contributed by atoms with Crippen LogP contribution >= 0.6 is 0 Å². The van der Waals surface area contributed by atoms with Crippen molar-refractivity contribution in [2.24, 2.45) is 0 Å². The number of pyridine rings is 1. The SMILES string of the molecule is CCOC(=O)Cc1ncc(Oc2c(OC)c(OC)nc3ccccc23)cn1. The topological polar surface area (TPSA) is 92.7 Å². The highest BCUT2D eigenvalue weighted by molar-refractivity contribution is 5.89. The Bertz CT molecular complexity index is 944. The highest BCUT2D eigenvalue weighted by Gasteiger charge is 2.19. The van der Waals surface area contributed by atoms with Gasteiger partial charge in [0.05, 0.1) is 38.7 Å². The van der Waals surface area contributed by atoms with Gasteiger partial charge in [0.1, 0.15) is 12.2 Å². The van der Waals surface area contributed by atoms with E-state index < -0.39 is 0 Å². The Morgan fingerprint density at radius 1 is 1.04 bits per heavy atom. The summed E-state index contributed by atoms with van der Waals surface area (Å²) in [7, 11) is 3.02. The van der Waals surface area contributed by atoms with Crippen LogP contribution in [0.15, 0.2) is 36.7 Å². The molecule has 0 spiro atoms. The van der Waals surface area contributed by atoms with Crippen LogP contribution in [-0.2, 0) is 16.0 Å². The van der Waals surface area contributed by atoms with Gasteiger partial charge in [-0.15, -0.1) is 0 Å². The number of ether oxygens (including phenoxy) is 4. The summed E-state index contributed by atoms with van der Waals surface area (Å²) in [5.41, 5.74) is 0.699. The number of methoxy groups -OCH3 is 2. The van der Waals surface area contributed by atoms with E-state index in [1.807, 2.05) is 24.3 Å². The van der Waals surface area contributed by atoms with Gasteiger partial charge in [-0.25, -0.2) is 15.0 Å². The fourth-order valence-corrected chi connectivity index (χ4v) is 2.51. The molecule has 0 saturated carbocycles. The maximum Gasteiger partial charge on any atom is 0.313 e. The molecular weight excluding hydrogens is 350 g/mol. The normalized spacial score (nSPS) is 10.5. The molecule has 27 heavy (non-hydrogen) atoms. The van der Waals surface area contributed by atoms with Crippen molar-refractivity contribution in [1.29, 1.82) is 0 Å². The van der Waals surface area contributed by atoms with Gasteiger partial charge in [-0.2, -0.15) is 0 Å². The Hall–Kier alpha value is -3.42. The van der Waals surface area contributed by atoms with Crippen molar-refractivity contribution >= 4 is 16.9 Å². The highest BCUT2D eigenvalue weighted by Crippen LogP contribution is 2.43. The molecular formula is C19H19N3O5. The van der Waals surface area contributed by atoms with E-state index in [0.29, 0.717) is 41.1 Å². The molecule has 3 aromatic rings. The number of hydrogen-bond acceptors (Lipinski definition) is 8. The zero-order valence-corrected chi connectivity index (χ0v) is 15.3. The molecule has 0 fully saturated rings. The molecule has 2 heterocycles. The van der Waals surface area contributed by atoms with Gasteiger partial charge < -0.3 is 18.9 Å². The number of fused-ring (bicyclic) bond motifs is 1. The summed E-state index contributed by atoms with van der Waals surface area (Å²) in [5, 5.41) is 0.755. The number of carbonyl (C=O) groups is 1. The standard InChI is InChI=1S/C19H19N3O5/c1-4-26-16(23)9-15-20-10-12(11-21-15)27-17-13-7-5-6-8-14(13)22-19(25-3)18(17)24-2/h5-8,10-11H,4,9H2,1-3H3. The summed E-state index contributed by atoms with van der Waals surface area (Å²) < 4.78 is 21.6. The van der Waals surface area contributed by atoms with E-state index >= 15 is 0 Å². The first-order valence-corrected chi connectivity index (χ1v) is 8.31. The molecule has 0 atom stereocenters. The molecule has 0 saturated heterocycles. The molecule has 0 amide bonds. The van der Waals surface area contributed by atoms with Crippen molar-refractivity contribution in [3.05, 3.63) is 42.5 Å². The van der Waals surface area contributed by atoms with Gasteiger partial charge in [0, 0.05) is 5.39 Å². The second-order valence-corrected chi connectivity index (χ2v) is 5.42. The molecule has 0 aliphatic rings. The number of esters is 1. The summed E-state index contributed by atoms with van der Waals surface area (Å²) in [4.78, 5) is 24.2. The van der Waals surface area contributed by atoms with Gasteiger partial charge in [0.2, 0.25) is 5.75 Å². The zero-order valence-electron chi connectivity index (χ0n) is 15.3. The number of aromatic nitrogens is 3. The average molecular weight is 369 g/mol. The predicted octanol–water partition coefficient (Wildman–Crippen LogP) is 2.94. The number of para-hydroxylation sites is 1. The zero-order chi connectivity index (χ0) is 19.2. The van der Waals surface area contributed by atoms with Gasteiger partial charge in [-0.1, -0.05) is 12.1 Å². The Morgan fingerprint density at radius 3 is 2.44 bits per heavy atom. The molecule has 1 aromatic carbocycles. The van der Waals surface area contributed by atoms with Crippen LogP contribution < -0.4 is 14.2 Å². The lowest BCUT2D eigenvalue weighted by atomic mass is 10.2. The number of hydrogen-bond donors (Lipinski definition) is 0. The predicted molar refractivity (Wildman–Crippen MR) is 97.3 cm³/mol. The number of benzene rings is 1. The Balaban J connectivity index is 1.93. The minimum Gasteiger partial charge on any atom is -0.489 e. The molecule has 0 bridgehead atoms. The summed E-state index contributed by atoms with van der Waals surface area (Å²) in [6, 6.07) is 7.47. The molecule has 0 aliphatic carbocycles. The number of nitrogens with zero attached hydrogens (tertiary/aromatic N) is 3. The summed E-state index contributed by atoms with van der Waals surface area (Å²) in [6.45, 7) is 2.06. The smallest absolute Gasteiger partial charge is 0.313 e. The quantitative estimate of drug-likeness (QED) is 0.587. The third-order valence-corrected chi connectivity index (χ3v) is 3.68. The van der Waals surface area contributed by atoms with Crippen molar-refractivity contribution in [2.45, 2.75) is 13.3 Å². The number of carbonyl (C=O) groups excluding carboxylic acids is 1. The van der Waals surface area contributed by atoms with Crippen molar-refractivity contribution in [3.8, 4) is 23.1 Å². The largest absolute Gasteiger partial charge is 0.489 e. The van der Waals surface area contributed by atoms with Crippen LogP contribution in [0, 0.1) is 0 Å². The van der Waals surface area contributed by atoms with E-state index in [1.165, 1.54) is 26.6 Å². The maximum absolute atomic E-state index is 11.5. The minimum absolute atomic E-state index is 0.00342. The first kappa shape index (κ1) is 18.4. The van der Waals surface area contributed by atoms with E-state index in [0.717, 1.165) is 5.39 Å². The second-order valence-electron chi connectivity index (χ2n) is 5.42. The fraction of sp³-hybridized carbons (Fsp3) is 0.263. The van der Waals surface area contributed by atoms with Gasteiger partial charge >= 0.3 is 5.97 Å². The summed E-state index contributed by atoms with van der Waals surface area (Å²) in [5.74, 6) is 1.49. The Kier molecular flexibility index (Phi) is 5.65. The molecule has 140 valence electrons. The molecule has 2 aromatic heterocycles. The van der Waals surface area contributed by atoms with Crippen LogP contribution in [-0.4, -0.2) is 41.7 Å². The Labute approximate surface area is 156 Å². The molecule has 0 N–H and O–H groups in total. The molecule has 8 heteroatoms. The van der Waals surface area contributed by atoms with Crippen LogP contribution in [0.4, 0.5) is 0 Å². The highest BCUT2D eigenvalue weighted by atomic mass is 16.5. The number of rotatable bonds is 7. The van der Waals surface area contributed by atoms with Crippen LogP contribution in [0.25, 0.3) is 10.9 Å². The molecule has 0 unspecified atom stereocenters. The molecule has 8 nitrogen and oxygen atoms in total. The lowest BCUT2D eigenvalue weighted by molar-refractivity contribution is -0.142. The lowest BCUT2D eigenvalue weighted by Gasteiger charge is -2.15. The molecule has 0 radical (unpaired) electrons. The van der Waals surface area contributed by atoms with Crippen LogP contribution in [0.2, 0.25) is 0 Å².